The summed E-state index contributed by atoms with van der Waals surface area (Å²) < 4.78 is 0. The van der Waals surface area contributed by atoms with Crippen LogP contribution in [-0.4, -0.2) is 69.5 Å². The third-order valence-electron chi connectivity index (χ3n) is 6.45. The summed E-state index contributed by atoms with van der Waals surface area (Å²) in [5, 5.41) is 11.8. The van der Waals surface area contributed by atoms with Gasteiger partial charge in [-0.25, -0.2) is 4.98 Å². The van der Waals surface area contributed by atoms with Gasteiger partial charge in [-0.05, 0) is 37.0 Å². The summed E-state index contributed by atoms with van der Waals surface area (Å²) in [5.41, 5.74) is 3.02. The fourth-order valence-electron chi connectivity index (χ4n) is 4.61. The summed E-state index contributed by atoms with van der Waals surface area (Å²) in [6, 6.07) is 14.5. The molecule has 2 aromatic heterocycles. The van der Waals surface area contributed by atoms with E-state index < -0.39 is 0 Å². The van der Waals surface area contributed by atoms with Crippen molar-refractivity contribution in [1.29, 1.82) is 0 Å². The van der Waals surface area contributed by atoms with E-state index in [1.807, 2.05) is 29.2 Å². The molecule has 4 heterocycles. The highest BCUT2D eigenvalue weighted by atomic mass is 16.2. The van der Waals surface area contributed by atoms with Crippen LogP contribution in [0.15, 0.2) is 42.5 Å². The van der Waals surface area contributed by atoms with Crippen molar-refractivity contribution in [3.63, 3.8) is 0 Å². The van der Waals surface area contributed by atoms with Gasteiger partial charge < -0.3 is 15.1 Å². The third-order valence-corrected chi connectivity index (χ3v) is 6.45. The standard InChI is InChI=1S/C24H28N6O2/c31-21-7-4-13-29(21)16-22(32)30-14-11-18(15-30)20-9-8-19-23(27-28-24(19)26-20)25-12-10-17-5-2-1-3-6-17/h1-3,5-6,8-9,18H,4,7,10-16H2,(H2,25,26,27,28). The molecule has 2 aliphatic rings. The van der Waals surface area contributed by atoms with Gasteiger partial charge in [0.25, 0.3) is 0 Å². The van der Waals surface area contributed by atoms with Crippen molar-refractivity contribution in [2.45, 2.75) is 31.6 Å². The number of aromatic amines is 1. The van der Waals surface area contributed by atoms with Gasteiger partial charge >= 0.3 is 0 Å². The number of pyridine rings is 1. The quantitative estimate of drug-likeness (QED) is 0.598. The van der Waals surface area contributed by atoms with Crippen molar-refractivity contribution < 1.29 is 9.59 Å². The van der Waals surface area contributed by atoms with E-state index in [0.29, 0.717) is 26.1 Å². The summed E-state index contributed by atoms with van der Waals surface area (Å²) in [5.74, 6) is 1.15. The Hall–Kier alpha value is -3.42. The van der Waals surface area contributed by atoms with Gasteiger partial charge in [-0.15, -0.1) is 0 Å². The SMILES string of the molecule is O=C1CCCN1CC(=O)N1CCC(c2ccc3c(NCCc4ccccc4)n[nH]c3n2)C1. The van der Waals surface area contributed by atoms with Gasteiger partial charge in [0.1, 0.15) is 0 Å². The summed E-state index contributed by atoms with van der Waals surface area (Å²) in [4.78, 5) is 32.8. The van der Waals surface area contributed by atoms with Crippen LogP contribution in [0.3, 0.4) is 0 Å². The first-order chi connectivity index (χ1) is 15.7. The Morgan fingerprint density at radius 1 is 1.16 bits per heavy atom. The molecule has 2 saturated heterocycles. The molecule has 166 valence electrons. The molecule has 2 aliphatic heterocycles. The number of likely N-dealkylation sites (tertiary alicyclic amines) is 2. The van der Waals surface area contributed by atoms with E-state index in [9.17, 15) is 9.59 Å². The maximum Gasteiger partial charge on any atom is 0.242 e. The van der Waals surface area contributed by atoms with E-state index in [0.717, 1.165) is 48.4 Å². The van der Waals surface area contributed by atoms with Crippen LogP contribution in [0.2, 0.25) is 0 Å². The monoisotopic (exact) mass is 432 g/mol. The topological polar surface area (TPSA) is 94.2 Å². The van der Waals surface area contributed by atoms with Crippen LogP contribution < -0.4 is 5.32 Å². The van der Waals surface area contributed by atoms with Crippen LogP contribution in [0.4, 0.5) is 5.82 Å². The lowest BCUT2D eigenvalue weighted by Gasteiger charge is -2.21. The van der Waals surface area contributed by atoms with E-state index in [1.54, 1.807) is 4.90 Å². The maximum absolute atomic E-state index is 12.6. The number of benzene rings is 1. The fraction of sp³-hybridized carbons (Fsp3) is 0.417. The molecule has 2 N–H and O–H groups in total. The zero-order chi connectivity index (χ0) is 21.9. The molecule has 0 saturated carbocycles. The first-order valence-corrected chi connectivity index (χ1v) is 11.4. The van der Waals surface area contributed by atoms with Gasteiger partial charge in [-0.1, -0.05) is 30.3 Å². The van der Waals surface area contributed by atoms with Crippen LogP contribution in [0, 0.1) is 0 Å². The highest BCUT2D eigenvalue weighted by molar-refractivity contribution is 5.87. The van der Waals surface area contributed by atoms with Crippen molar-refractivity contribution in [3.05, 3.63) is 53.7 Å². The molecule has 0 aliphatic carbocycles. The van der Waals surface area contributed by atoms with Crippen LogP contribution in [0.1, 0.15) is 36.4 Å². The minimum absolute atomic E-state index is 0.0373. The zero-order valence-corrected chi connectivity index (χ0v) is 18.1. The van der Waals surface area contributed by atoms with Gasteiger partial charge in [-0.2, -0.15) is 5.10 Å². The number of rotatable bonds is 7. The number of fused-ring (bicyclic) bond motifs is 1. The van der Waals surface area contributed by atoms with Gasteiger partial charge in [-0.3, -0.25) is 14.7 Å². The Bertz CT molecular complexity index is 1110. The minimum atomic E-state index is 0.0373. The molecule has 0 spiro atoms. The fourth-order valence-corrected chi connectivity index (χ4v) is 4.61. The predicted octanol–water partition coefficient (Wildman–Crippen LogP) is 2.55. The van der Waals surface area contributed by atoms with Crippen molar-refractivity contribution in [3.8, 4) is 0 Å². The van der Waals surface area contributed by atoms with Gasteiger partial charge in [0, 0.05) is 44.2 Å². The summed E-state index contributed by atoms with van der Waals surface area (Å²) in [6.07, 6.45) is 3.23. The van der Waals surface area contributed by atoms with Crippen LogP contribution in [0.25, 0.3) is 11.0 Å². The summed E-state index contributed by atoms with van der Waals surface area (Å²) in [6.45, 7) is 3.05. The molecule has 32 heavy (non-hydrogen) atoms. The maximum atomic E-state index is 12.6. The number of nitrogens with zero attached hydrogens (tertiary/aromatic N) is 4. The number of anilines is 1. The molecular weight excluding hydrogens is 404 g/mol. The third kappa shape index (κ3) is 4.30. The van der Waals surface area contributed by atoms with Crippen molar-refractivity contribution in [1.82, 2.24) is 25.0 Å². The Balaban J connectivity index is 1.19. The molecule has 8 heteroatoms. The van der Waals surface area contributed by atoms with Gasteiger partial charge in [0.05, 0.1) is 11.9 Å². The van der Waals surface area contributed by atoms with E-state index in [-0.39, 0.29) is 24.3 Å². The van der Waals surface area contributed by atoms with Crippen molar-refractivity contribution >= 4 is 28.7 Å². The van der Waals surface area contributed by atoms with Crippen LogP contribution in [0.5, 0.6) is 0 Å². The Morgan fingerprint density at radius 2 is 2.03 bits per heavy atom. The van der Waals surface area contributed by atoms with Gasteiger partial charge in [0.2, 0.25) is 11.8 Å². The second-order valence-electron chi connectivity index (χ2n) is 8.61. The lowest BCUT2D eigenvalue weighted by molar-refractivity contribution is -0.137. The molecule has 3 aromatic rings. The minimum Gasteiger partial charge on any atom is -0.368 e. The first kappa shape index (κ1) is 20.5. The van der Waals surface area contributed by atoms with E-state index in [1.165, 1.54) is 5.56 Å². The number of hydrogen-bond acceptors (Lipinski definition) is 5. The number of hydrogen-bond donors (Lipinski definition) is 2. The number of amides is 2. The molecule has 1 aromatic carbocycles. The van der Waals surface area contributed by atoms with Crippen LogP contribution >= 0.6 is 0 Å². The molecule has 5 rings (SSSR count). The lowest BCUT2D eigenvalue weighted by Crippen LogP contribution is -2.39. The largest absolute Gasteiger partial charge is 0.368 e. The smallest absolute Gasteiger partial charge is 0.242 e. The average molecular weight is 433 g/mol. The number of carbonyl (C=O) groups is 2. The molecule has 0 bridgehead atoms. The van der Waals surface area contributed by atoms with E-state index in [4.69, 9.17) is 4.98 Å². The molecule has 0 radical (unpaired) electrons. The number of H-pyrrole nitrogens is 1. The van der Waals surface area contributed by atoms with Gasteiger partial charge in [0.15, 0.2) is 11.5 Å². The predicted molar refractivity (Wildman–Crippen MR) is 122 cm³/mol. The molecule has 1 atom stereocenters. The lowest BCUT2D eigenvalue weighted by atomic mass is 10.0. The summed E-state index contributed by atoms with van der Waals surface area (Å²) in [7, 11) is 0. The zero-order valence-electron chi connectivity index (χ0n) is 18.1. The number of nitrogens with one attached hydrogen (secondary N) is 2. The molecule has 2 fully saturated rings. The molecule has 2 amide bonds. The van der Waals surface area contributed by atoms with E-state index in [2.05, 4.69) is 33.7 Å². The Kier molecular flexibility index (Phi) is 5.75. The highest BCUT2D eigenvalue weighted by Gasteiger charge is 2.31. The number of carbonyl (C=O) groups excluding carboxylic acids is 2. The second kappa shape index (κ2) is 8.98. The molecule has 8 nitrogen and oxygen atoms in total. The van der Waals surface area contributed by atoms with Crippen molar-refractivity contribution in [2.75, 3.05) is 38.0 Å². The average Bonchev–Trinajstić information content (AvgIpc) is 3.55. The van der Waals surface area contributed by atoms with E-state index >= 15 is 0 Å². The summed E-state index contributed by atoms with van der Waals surface area (Å²) >= 11 is 0. The number of aromatic nitrogens is 3. The first-order valence-electron chi connectivity index (χ1n) is 11.4. The molecular formula is C24H28N6O2. The van der Waals surface area contributed by atoms with Crippen molar-refractivity contribution in [2.24, 2.45) is 0 Å². The second-order valence-corrected chi connectivity index (χ2v) is 8.61. The Morgan fingerprint density at radius 3 is 2.84 bits per heavy atom. The molecule has 1 unspecified atom stereocenters. The van der Waals surface area contributed by atoms with Crippen LogP contribution in [-0.2, 0) is 16.0 Å². The Labute approximate surface area is 187 Å². The normalized spacial score (nSPS) is 18.6. The highest BCUT2D eigenvalue weighted by Crippen LogP contribution is 2.29.